The number of rotatable bonds is 4. The van der Waals surface area contributed by atoms with Crippen molar-refractivity contribution in [1.82, 2.24) is 0 Å². The molecule has 1 saturated carbocycles. The Hall–Kier alpha value is -1.57. The van der Waals surface area contributed by atoms with Crippen LogP contribution in [0.3, 0.4) is 0 Å². The van der Waals surface area contributed by atoms with Crippen molar-refractivity contribution < 1.29 is 33.7 Å². The monoisotopic (exact) mass is 392 g/mol. The van der Waals surface area contributed by atoms with Gasteiger partial charge in [-0.3, -0.25) is 14.4 Å². The molecule has 8 atom stereocenters. The highest BCUT2D eigenvalue weighted by Crippen LogP contribution is 2.75. The zero-order chi connectivity index (χ0) is 20.6. The van der Waals surface area contributed by atoms with Gasteiger partial charge in [-0.25, -0.2) is 0 Å². The first-order valence-electron chi connectivity index (χ1n) is 9.82. The lowest BCUT2D eigenvalue weighted by Crippen LogP contribution is -2.70. The number of esters is 1. The second kappa shape index (κ2) is 5.97. The lowest BCUT2D eigenvalue weighted by Gasteiger charge is -2.60. The van der Waals surface area contributed by atoms with Crippen molar-refractivity contribution in [2.75, 3.05) is 13.2 Å². The molecular weight excluding hydrogens is 364 g/mol. The van der Waals surface area contributed by atoms with Crippen molar-refractivity contribution >= 4 is 17.5 Å². The molecule has 0 aromatic rings. The fourth-order valence-corrected chi connectivity index (χ4v) is 6.57. The van der Waals surface area contributed by atoms with Crippen LogP contribution in [0.25, 0.3) is 0 Å². The van der Waals surface area contributed by atoms with Crippen LogP contribution in [0, 0.1) is 22.7 Å². The molecule has 2 aliphatic heterocycles. The fraction of sp³-hybridized carbons (Fsp3) is 0.762. The molecule has 2 bridgehead atoms. The Labute approximate surface area is 164 Å². The zero-order valence-electron chi connectivity index (χ0n) is 17.0. The van der Waals surface area contributed by atoms with Gasteiger partial charge in [-0.05, 0) is 27.2 Å². The molecule has 0 aromatic carbocycles. The Balaban J connectivity index is 1.97. The molecule has 7 heteroatoms. The van der Waals surface area contributed by atoms with Crippen molar-refractivity contribution in [2.45, 2.75) is 65.0 Å². The van der Waals surface area contributed by atoms with E-state index in [0.29, 0.717) is 13.0 Å². The summed E-state index contributed by atoms with van der Waals surface area (Å²) in [6, 6.07) is 0. The van der Waals surface area contributed by atoms with Gasteiger partial charge in [0.1, 0.15) is 29.9 Å². The van der Waals surface area contributed by atoms with Gasteiger partial charge in [-0.1, -0.05) is 18.6 Å². The molecule has 2 aliphatic carbocycles. The number of ether oxygens (including phenoxy) is 3. The first-order valence-corrected chi connectivity index (χ1v) is 9.82. The van der Waals surface area contributed by atoms with Gasteiger partial charge in [-0.15, -0.1) is 0 Å². The summed E-state index contributed by atoms with van der Waals surface area (Å²) in [6.07, 6.45) is 0.283. The third kappa shape index (κ3) is 2.13. The van der Waals surface area contributed by atoms with E-state index in [9.17, 15) is 19.5 Å². The number of Topliss-reactive ketones (excluding diaryl/α,β-unsaturated/α-hetero) is 2. The van der Waals surface area contributed by atoms with Crippen molar-refractivity contribution in [3.8, 4) is 0 Å². The minimum absolute atomic E-state index is 0.0965. The van der Waals surface area contributed by atoms with E-state index in [1.54, 1.807) is 0 Å². The van der Waals surface area contributed by atoms with Gasteiger partial charge < -0.3 is 19.3 Å². The number of hydrogen-bond donors (Lipinski definition) is 1. The summed E-state index contributed by atoms with van der Waals surface area (Å²) in [5.41, 5.74) is -1.87. The third-order valence-electron chi connectivity index (χ3n) is 7.84. The Kier molecular flexibility index (Phi) is 4.21. The van der Waals surface area contributed by atoms with Crippen LogP contribution in [0.4, 0.5) is 0 Å². The average molecular weight is 392 g/mol. The van der Waals surface area contributed by atoms with Crippen molar-refractivity contribution in [3.63, 3.8) is 0 Å². The number of aliphatic hydroxyl groups excluding tert-OH is 1. The topological polar surface area (TPSA) is 102 Å². The molecule has 3 fully saturated rings. The van der Waals surface area contributed by atoms with Crippen LogP contribution in [0.1, 0.15) is 41.0 Å². The summed E-state index contributed by atoms with van der Waals surface area (Å²) < 4.78 is 17.8. The fourth-order valence-electron chi connectivity index (χ4n) is 6.57. The van der Waals surface area contributed by atoms with Gasteiger partial charge in [0.25, 0.3) is 0 Å². The van der Waals surface area contributed by atoms with Crippen LogP contribution in [-0.2, 0) is 28.6 Å². The molecular formula is C21H28O7. The van der Waals surface area contributed by atoms with Crippen molar-refractivity contribution in [3.05, 3.63) is 11.6 Å². The molecule has 28 heavy (non-hydrogen) atoms. The van der Waals surface area contributed by atoms with Crippen molar-refractivity contribution in [2.24, 2.45) is 22.7 Å². The molecule has 154 valence electrons. The highest BCUT2D eigenvalue weighted by atomic mass is 16.6. The number of carbonyl (C=O) groups is 3. The molecule has 4 aliphatic rings. The molecule has 0 aromatic heterocycles. The molecule has 1 N–H and O–H groups in total. The molecule has 0 radical (unpaired) electrons. The van der Waals surface area contributed by atoms with E-state index in [-0.39, 0.29) is 18.2 Å². The quantitative estimate of drug-likeness (QED) is 0.436. The summed E-state index contributed by atoms with van der Waals surface area (Å²) in [5.74, 6) is -2.06. The first-order chi connectivity index (χ1) is 13.0. The third-order valence-corrected chi connectivity index (χ3v) is 7.84. The Morgan fingerprint density at radius 1 is 1.25 bits per heavy atom. The number of fused-ring (bicyclic) bond motifs is 2. The standard InChI is InChI=1S/C21H28O7/c1-10-6-14(25)20(8-26-13(4)24)15(7-10)28-18-16(11(2)22)17(12(3)23)19(20,5)21(18)9-27-21/h7,14-18,25H,6,8-9H2,1-5H3/t14-,15?,16?,17?,18?,19-,20+,21-/m1/s1. The lowest BCUT2D eigenvalue weighted by molar-refractivity contribution is -0.254. The Morgan fingerprint density at radius 2 is 1.89 bits per heavy atom. The maximum Gasteiger partial charge on any atom is 0.302 e. The zero-order valence-corrected chi connectivity index (χ0v) is 17.0. The van der Waals surface area contributed by atoms with Gasteiger partial charge >= 0.3 is 5.97 Å². The summed E-state index contributed by atoms with van der Waals surface area (Å²) in [7, 11) is 0. The van der Waals surface area contributed by atoms with E-state index in [1.807, 2.05) is 19.9 Å². The molecule has 0 amide bonds. The van der Waals surface area contributed by atoms with Crippen LogP contribution in [0.5, 0.6) is 0 Å². The number of epoxide rings is 1. The van der Waals surface area contributed by atoms with Gasteiger partial charge in [0.15, 0.2) is 0 Å². The summed E-state index contributed by atoms with van der Waals surface area (Å²) in [4.78, 5) is 37.2. The van der Waals surface area contributed by atoms with Gasteiger partial charge in [0.05, 0.1) is 30.1 Å². The van der Waals surface area contributed by atoms with E-state index in [0.717, 1.165) is 5.57 Å². The predicted octanol–water partition coefficient (Wildman–Crippen LogP) is 1.21. The minimum atomic E-state index is -1.08. The van der Waals surface area contributed by atoms with Crippen LogP contribution < -0.4 is 0 Å². The molecule has 7 nitrogen and oxygen atoms in total. The molecule has 4 rings (SSSR count). The van der Waals surface area contributed by atoms with E-state index in [2.05, 4.69) is 0 Å². The Bertz CT molecular complexity index is 782. The molecule has 1 spiro atoms. The van der Waals surface area contributed by atoms with Crippen LogP contribution in [-0.4, -0.2) is 59.8 Å². The molecule has 2 saturated heterocycles. The maximum atomic E-state index is 12.9. The van der Waals surface area contributed by atoms with E-state index in [1.165, 1.54) is 20.8 Å². The second-order valence-electron chi connectivity index (χ2n) is 9.14. The van der Waals surface area contributed by atoms with E-state index < -0.39 is 52.5 Å². The number of ketones is 2. The largest absolute Gasteiger partial charge is 0.465 e. The minimum Gasteiger partial charge on any atom is -0.465 e. The normalized spacial score (nSPS) is 48.6. The highest BCUT2D eigenvalue weighted by molar-refractivity contribution is 5.90. The number of aliphatic hydroxyl groups is 1. The number of carbonyl (C=O) groups excluding carboxylic acids is 3. The smallest absolute Gasteiger partial charge is 0.302 e. The predicted molar refractivity (Wildman–Crippen MR) is 97.2 cm³/mol. The molecule has 4 unspecified atom stereocenters. The van der Waals surface area contributed by atoms with Crippen LogP contribution in [0.2, 0.25) is 0 Å². The van der Waals surface area contributed by atoms with Gasteiger partial charge in [0, 0.05) is 18.3 Å². The van der Waals surface area contributed by atoms with Crippen LogP contribution >= 0.6 is 0 Å². The second-order valence-corrected chi connectivity index (χ2v) is 9.14. The Morgan fingerprint density at radius 3 is 2.39 bits per heavy atom. The van der Waals surface area contributed by atoms with Gasteiger partial charge in [-0.2, -0.15) is 0 Å². The van der Waals surface area contributed by atoms with Gasteiger partial charge in [0.2, 0.25) is 0 Å². The average Bonchev–Trinajstić information content (AvgIpc) is 3.33. The first kappa shape index (κ1) is 19.7. The summed E-state index contributed by atoms with van der Waals surface area (Å²) >= 11 is 0. The summed E-state index contributed by atoms with van der Waals surface area (Å²) in [5, 5.41) is 11.3. The number of hydrogen-bond acceptors (Lipinski definition) is 7. The maximum absolute atomic E-state index is 12.9. The van der Waals surface area contributed by atoms with E-state index in [4.69, 9.17) is 14.2 Å². The molecule has 2 heterocycles. The SMILES string of the molecule is CC(=O)OC[C@@]12C(C=C(C)C[C@H]1O)OC1C(C(C)=O)C(C(C)=O)[C@@]2(C)[C@@]12CO2. The lowest BCUT2D eigenvalue weighted by atomic mass is 9.48. The highest BCUT2D eigenvalue weighted by Gasteiger charge is 2.86. The summed E-state index contributed by atoms with van der Waals surface area (Å²) in [6.45, 7) is 8.35. The van der Waals surface area contributed by atoms with E-state index >= 15 is 0 Å². The van der Waals surface area contributed by atoms with Crippen LogP contribution in [0.15, 0.2) is 11.6 Å². The van der Waals surface area contributed by atoms with Crippen molar-refractivity contribution in [1.29, 1.82) is 0 Å².